The van der Waals surface area contributed by atoms with Crippen molar-refractivity contribution in [3.63, 3.8) is 0 Å². The molecule has 7 atom stereocenters. The van der Waals surface area contributed by atoms with Gasteiger partial charge in [-0.05, 0) is 98.2 Å². The van der Waals surface area contributed by atoms with E-state index in [1.54, 1.807) is 12.5 Å². The summed E-state index contributed by atoms with van der Waals surface area (Å²) in [6.45, 7) is 16.2. The smallest absolute Gasteiger partial charge is 0.330 e. The Morgan fingerprint density at radius 2 is 1.82 bits per heavy atom. The van der Waals surface area contributed by atoms with Crippen molar-refractivity contribution in [2.75, 3.05) is 0 Å². The summed E-state index contributed by atoms with van der Waals surface area (Å²) in [4.78, 5) is 23.9. The van der Waals surface area contributed by atoms with E-state index in [1.165, 1.54) is 25.7 Å². The Balaban J connectivity index is 1.59. The van der Waals surface area contributed by atoms with E-state index < -0.39 is 5.97 Å². The molecule has 3 saturated carbocycles. The summed E-state index contributed by atoms with van der Waals surface area (Å²) < 4.78 is 0. The lowest BCUT2D eigenvalue weighted by Crippen LogP contribution is -2.56. The zero-order chi connectivity index (χ0) is 24.4. The minimum atomic E-state index is -0.801. The van der Waals surface area contributed by atoms with Crippen LogP contribution in [-0.4, -0.2) is 16.9 Å². The average molecular weight is 455 g/mol. The van der Waals surface area contributed by atoms with Crippen molar-refractivity contribution in [3.05, 3.63) is 23.3 Å². The van der Waals surface area contributed by atoms with Gasteiger partial charge in [-0.3, -0.25) is 4.79 Å². The first-order valence-corrected chi connectivity index (χ1v) is 13.4. The average Bonchev–Trinajstić information content (AvgIpc) is 3.02. The van der Waals surface area contributed by atoms with E-state index in [0.717, 1.165) is 32.1 Å². The van der Waals surface area contributed by atoms with E-state index in [-0.39, 0.29) is 10.8 Å². The molecule has 1 N–H and O–H groups in total. The van der Waals surface area contributed by atoms with Crippen LogP contribution in [0.1, 0.15) is 106 Å². The van der Waals surface area contributed by atoms with E-state index in [0.29, 0.717) is 45.9 Å². The van der Waals surface area contributed by atoms with Crippen LogP contribution >= 0.6 is 0 Å². The summed E-state index contributed by atoms with van der Waals surface area (Å²) in [7, 11) is 0. The zero-order valence-corrected chi connectivity index (χ0v) is 22.1. The number of fused-ring (bicyclic) bond motifs is 5. The van der Waals surface area contributed by atoms with Crippen molar-refractivity contribution < 1.29 is 14.7 Å². The second kappa shape index (κ2) is 8.09. The Bertz CT molecular complexity index is 894. The quantitative estimate of drug-likeness (QED) is 0.343. The first-order valence-electron chi connectivity index (χ1n) is 13.4. The van der Waals surface area contributed by atoms with Crippen molar-refractivity contribution in [1.82, 2.24) is 0 Å². The Kier molecular flexibility index (Phi) is 6.07. The molecule has 0 bridgehead atoms. The van der Waals surface area contributed by atoms with Crippen molar-refractivity contribution in [3.8, 4) is 0 Å². The molecule has 0 radical (unpaired) electrons. The minimum Gasteiger partial charge on any atom is -0.478 e. The van der Waals surface area contributed by atoms with Crippen LogP contribution in [-0.2, 0) is 9.59 Å². The van der Waals surface area contributed by atoms with Crippen molar-refractivity contribution >= 4 is 11.8 Å². The molecule has 0 aliphatic heterocycles. The van der Waals surface area contributed by atoms with Gasteiger partial charge in [0.2, 0.25) is 0 Å². The SMILES string of the molecule is C/C(=C/CC[C@@H](C)[C@H]1CC[C@@]2(C)[C@@H]3CC[C@@H]4C(C)(C)C(=O)CC[C@]4(C)C3=CC[C@]12C)C(=O)O. The van der Waals surface area contributed by atoms with E-state index in [2.05, 4.69) is 47.6 Å². The molecule has 0 spiro atoms. The van der Waals surface area contributed by atoms with Crippen LogP contribution in [0.2, 0.25) is 0 Å². The third kappa shape index (κ3) is 3.50. The number of hydrogen-bond donors (Lipinski definition) is 1. The molecule has 33 heavy (non-hydrogen) atoms. The molecule has 3 nitrogen and oxygen atoms in total. The number of Topliss-reactive ketones (excluding diaryl/α,β-unsaturated/α-hetero) is 1. The zero-order valence-electron chi connectivity index (χ0n) is 22.1. The fourth-order valence-corrected chi connectivity index (χ4v) is 9.33. The van der Waals surface area contributed by atoms with Crippen LogP contribution in [0, 0.1) is 45.3 Å². The molecule has 0 unspecified atom stereocenters. The molecule has 184 valence electrons. The highest BCUT2D eigenvalue weighted by Gasteiger charge is 2.65. The van der Waals surface area contributed by atoms with Gasteiger partial charge in [-0.1, -0.05) is 59.3 Å². The number of hydrogen-bond acceptors (Lipinski definition) is 2. The molecular formula is C30H46O3. The molecule has 3 heteroatoms. The van der Waals surface area contributed by atoms with Gasteiger partial charge in [0.1, 0.15) is 5.78 Å². The molecular weight excluding hydrogens is 408 g/mol. The van der Waals surface area contributed by atoms with Crippen molar-refractivity contribution in [1.29, 1.82) is 0 Å². The number of carbonyl (C=O) groups is 2. The molecule has 4 rings (SSSR count). The van der Waals surface area contributed by atoms with Gasteiger partial charge >= 0.3 is 5.97 Å². The van der Waals surface area contributed by atoms with Gasteiger partial charge in [-0.15, -0.1) is 0 Å². The highest BCUT2D eigenvalue weighted by atomic mass is 16.4. The monoisotopic (exact) mass is 454 g/mol. The molecule has 3 fully saturated rings. The maximum atomic E-state index is 12.8. The predicted octanol–water partition coefficient (Wildman–Crippen LogP) is 7.61. The maximum absolute atomic E-state index is 12.8. The molecule has 0 aromatic rings. The molecule has 4 aliphatic rings. The second-order valence-corrected chi connectivity index (χ2v) is 13.3. The number of aliphatic carboxylic acids is 1. The highest BCUT2D eigenvalue weighted by Crippen LogP contribution is 2.72. The van der Waals surface area contributed by atoms with E-state index in [9.17, 15) is 9.59 Å². The van der Waals surface area contributed by atoms with E-state index >= 15 is 0 Å². The molecule has 0 heterocycles. The lowest BCUT2D eigenvalue weighted by atomic mass is 9.41. The fraction of sp³-hybridized carbons (Fsp3) is 0.800. The molecule has 0 saturated heterocycles. The summed E-state index contributed by atoms with van der Waals surface area (Å²) in [6, 6.07) is 0. The number of rotatable bonds is 5. The van der Waals surface area contributed by atoms with Crippen LogP contribution in [0.25, 0.3) is 0 Å². The van der Waals surface area contributed by atoms with E-state index in [1.807, 2.05) is 6.08 Å². The summed E-state index contributed by atoms with van der Waals surface area (Å²) >= 11 is 0. The fourth-order valence-electron chi connectivity index (χ4n) is 9.33. The van der Waals surface area contributed by atoms with Gasteiger partial charge in [0, 0.05) is 17.4 Å². The summed E-state index contributed by atoms with van der Waals surface area (Å²) in [5.41, 5.74) is 2.77. The Morgan fingerprint density at radius 3 is 2.48 bits per heavy atom. The largest absolute Gasteiger partial charge is 0.478 e. The number of allylic oxidation sites excluding steroid dienone is 3. The van der Waals surface area contributed by atoms with E-state index in [4.69, 9.17) is 5.11 Å². The Hall–Kier alpha value is -1.38. The third-order valence-electron chi connectivity index (χ3n) is 11.7. The minimum absolute atomic E-state index is 0.174. The number of carboxylic acids is 1. The number of carboxylic acid groups (broad SMARTS) is 1. The normalized spacial score (nSPS) is 43.2. The van der Waals surface area contributed by atoms with Gasteiger partial charge in [-0.25, -0.2) is 4.79 Å². The summed E-state index contributed by atoms with van der Waals surface area (Å²) in [6.07, 6.45) is 14.4. The third-order valence-corrected chi connectivity index (χ3v) is 11.7. The Labute approximate surface area is 201 Å². The Morgan fingerprint density at radius 1 is 1.12 bits per heavy atom. The molecule has 4 aliphatic carbocycles. The highest BCUT2D eigenvalue weighted by molar-refractivity contribution is 5.86. The number of ketones is 1. The number of carbonyl (C=O) groups excluding carboxylic acids is 1. The second-order valence-electron chi connectivity index (χ2n) is 13.3. The molecule has 0 aromatic heterocycles. The summed E-state index contributed by atoms with van der Waals surface area (Å²) in [5, 5.41) is 9.15. The molecule has 0 amide bonds. The van der Waals surface area contributed by atoms with Crippen LogP contribution in [0.15, 0.2) is 23.3 Å². The lowest BCUT2D eigenvalue weighted by molar-refractivity contribution is -0.142. The van der Waals surface area contributed by atoms with Gasteiger partial charge < -0.3 is 5.11 Å². The van der Waals surface area contributed by atoms with Crippen molar-refractivity contribution in [2.24, 2.45) is 45.3 Å². The van der Waals surface area contributed by atoms with Gasteiger partial charge in [0.05, 0.1) is 0 Å². The standard InChI is InChI=1S/C30H46O3/c1-19(9-8-10-20(2)26(32)33)21-13-17-30(7)23-11-12-24-27(3,4)25(31)15-16-28(24,5)22(23)14-18-29(21,30)6/h10,14,19,21,23-24H,8-9,11-13,15-18H2,1-7H3,(H,32,33)/b20-10-/t19-,21-,23-,24-,28-,29-,30+/m1/s1. The van der Waals surface area contributed by atoms with Crippen LogP contribution < -0.4 is 0 Å². The lowest BCUT2D eigenvalue weighted by Gasteiger charge is -2.63. The summed E-state index contributed by atoms with van der Waals surface area (Å²) in [5.74, 6) is 2.08. The maximum Gasteiger partial charge on any atom is 0.330 e. The molecule has 0 aromatic carbocycles. The van der Waals surface area contributed by atoms with Gasteiger partial charge in [0.15, 0.2) is 0 Å². The topological polar surface area (TPSA) is 54.4 Å². The van der Waals surface area contributed by atoms with Crippen molar-refractivity contribution in [2.45, 2.75) is 106 Å². The van der Waals surface area contributed by atoms with Crippen LogP contribution in [0.3, 0.4) is 0 Å². The first kappa shape index (κ1) is 24.7. The van der Waals surface area contributed by atoms with Crippen LogP contribution in [0.4, 0.5) is 0 Å². The predicted molar refractivity (Wildman–Crippen MR) is 134 cm³/mol. The van der Waals surface area contributed by atoms with Crippen LogP contribution in [0.5, 0.6) is 0 Å². The van der Waals surface area contributed by atoms with Gasteiger partial charge in [0.25, 0.3) is 0 Å². The first-order chi connectivity index (χ1) is 15.3. The van der Waals surface area contributed by atoms with Gasteiger partial charge in [-0.2, -0.15) is 0 Å².